The van der Waals surface area contributed by atoms with Crippen molar-refractivity contribution in [3.8, 4) is 0 Å². The molecule has 1 nitrogen and oxygen atoms in total. The van der Waals surface area contributed by atoms with Crippen molar-refractivity contribution >= 4 is 22.2 Å². The molecule has 0 saturated heterocycles. The third kappa shape index (κ3) is 3.09. The van der Waals surface area contributed by atoms with Crippen LogP contribution in [0.1, 0.15) is 18.9 Å². The molecule has 1 aromatic rings. The summed E-state index contributed by atoms with van der Waals surface area (Å²) in [6, 6.07) is 2.55. The SMILES string of the molecule is CC(C=O)CCc1c(F)ccc(Br)c1F. The number of hydrogen-bond donors (Lipinski definition) is 0. The number of benzene rings is 1. The van der Waals surface area contributed by atoms with Crippen LogP contribution in [0.4, 0.5) is 8.78 Å². The van der Waals surface area contributed by atoms with Gasteiger partial charge in [0.05, 0.1) is 4.47 Å². The summed E-state index contributed by atoms with van der Waals surface area (Å²) in [6.45, 7) is 1.72. The Hall–Kier alpha value is -0.770. The molecule has 0 radical (unpaired) electrons. The Balaban J connectivity index is 2.84. The van der Waals surface area contributed by atoms with Gasteiger partial charge in [0, 0.05) is 11.5 Å². The van der Waals surface area contributed by atoms with Crippen LogP contribution in [0.5, 0.6) is 0 Å². The Morgan fingerprint density at radius 2 is 2.13 bits per heavy atom. The van der Waals surface area contributed by atoms with Crippen molar-refractivity contribution in [2.75, 3.05) is 0 Å². The van der Waals surface area contributed by atoms with E-state index in [1.54, 1.807) is 6.92 Å². The maximum atomic E-state index is 13.4. The second-order valence-corrected chi connectivity index (χ2v) is 4.33. The lowest BCUT2D eigenvalue weighted by Gasteiger charge is -2.07. The molecule has 1 aromatic carbocycles. The Labute approximate surface area is 95.6 Å². The monoisotopic (exact) mass is 276 g/mol. The lowest BCUT2D eigenvalue weighted by molar-refractivity contribution is -0.110. The van der Waals surface area contributed by atoms with Crippen LogP contribution in [-0.2, 0) is 11.2 Å². The summed E-state index contributed by atoms with van der Waals surface area (Å²) >= 11 is 2.99. The summed E-state index contributed by atoms with van der Waals surface area (Å²) in [5, 5.41) is 0. The second-order valence-electron chi connectivity index (χ2n) is 3.47. The minimum absolute atomic E-state index is 0.0399. The summed E-state index contributed by atoms with van der Waals surface area (Å²) in [6.07, 6.45) is 1.47. The average molecular weight is 277 g/mol. The fraction of sp³-hybridized carbons (Fsp3) is 0.364. The average Bonchev–Trinajstić information content (AvgIpc) is 2.23. The Morgan fingerprint density at radius 3 is 2.73 bits per heavy atom. The van der Waals surface area contributed by atoms with Gasteiger partial charge < -0.3 is 4.79 Å². The number of hydrogen-bond acceptors (Lipinski definition) is 1. The molecular formula is C11H11BrF2O. The van der Waals surface area contributed by atoms with E-state index in [0.717, 1.165) is 6.29 Å². The lowest BCUT2D eigenvalue weighted by Crippen LogP contribution is -2.02. The fourth-order valence-electron chi connectivity index (χ4n) is 1.24. The van der Waals surface area contributed by atoms with Crippen molar-refractivity contribution in [3.63, 3.8) is 0 Å². The lowest BCUT2D eigenvalue weighted by atomic mass is 10.0. The summed E-state index contributed by atoms with van der Waals surface area (Å²) in [5.74, 6) is -1.32. The van der Waals surface area contributed by atoms with E-state index in [4.69, 9.17) is 0 Å². The molecule has 4 heteroatoms. The molecule has 0 fully saturated rings. The maximum absolute atomic E-state index is 13.4. The second kappa shape index (κ2) is 5.35. The van der Waals surface area contributed by atoms with Crippen LogP contribution in [-0.4, -0.2) is 6.29 Å². The summed E-state index contributed by atoms with van der Waals surface area (Å²) in [7, 11) is 0. The minimum Gasteiger partial charge on any atom is -0.303 e. The number of aldehydes is 1. The first-order valence-corrected chi connectivity index (χ1v) is 5.43. The zero-order valence-electron chi connectivity index (χ0n) is 8.27. The zero-order chi connectivity index (χ0) is 11.4. The van der Waals surface area contributed by atoms with E-state index in [1.165, 1.54) is 12.1 Å². The summed E-state index contributed by atoms with van der Waals surface area (Å²) in [5.41, 5.74) is 0.0399. The molecule has 0 aliphatic carbocycles. The van der Waals surface area contributed by atoms with Crippen LogP contribution in [0.25, 0.3) is 0 Å². The first-order chi connectivity index (χ1) is 7.06. The van der Waals surface area contributed by atoms with Crippen LogP contribution in [0.15, 0.2) is 16.6 Å². The normalized spacial score (nSPS) is 12.5. The molecule has 0 spiro atoms. The highest BCUT2D eigenvalue weighted by atomic mass is 79.9. The minimum atomic E-state index is -0.576. The van der Waals surface area contributed by atoms with Gasteiger partial charge in [-0.2, -0.15) is 0 Å². The zero-order valence-corrected chi connectivity index (χ0v) is 9.85. The number of halogens is 3. The van der Waals surface area contributed by atoms with Crippen molar-refractivity contribution in [3.05, 3.63) is 33.8 Å². The molecule has 0 aliphatic heterocycles. The van der Waals surface area contributed by atoms with Gasteiger partial charge in [-0.05, 0) is 40.9 Å². The van der Waals surface area contributed by atoms with Gasteiger partial charge in [-0.3, -0.25) is 0 Å². The van der Waals surface area contributed by atoms with Gasteiger partial charge >= 0.3 is 0 Å². The van der Waals surface area contributed by atoms with Crippen LogP contribution < -0.4 is 0 Å². The van der Waals surface area contributed by atoms with Crippen LogP contribution >= 0.6 is 15.9 Å². The van der Waals surface area contributed by atoms with Crippen molar-refractivity contribution in [1.29, 1.82) is 0 Å². The van der Waals surface area contributed by atoms with Crippen molar-refractivity contribution in [2.24, 2.45) is 5.92 Å². The standard InChI is InChI=1S/C11H11BrF2O/c1-7(6-15)2-3-8-10(13)5-4-9(12)11(8)14/h4-7H,2-3H2,1H3. The van der Waals surface area contributed by atoms with Gasteiger partial charge in [0.25, 0.3) is 0 Å². The van der Waals surface area contributed by atoms with E-state index in [0.29, 0.717) is 6.42 Å². The molecule has 0 N–H and O–H groups in total. The third-order valence-electron chi connectivity index (χ3n) is 2.22. The van der Waals surface area contributed by atoms with E-state index in [-0.39, 0.29) is 22.4 Å². The molecule has 15 heavy (non-hydrogen) atoms. The molecule has 82 valence electrons. The van der Waals surface area contributed by atoms with Crippen molar-refractivity contribution < 1.29 is 13.6 Å². The van der Waals surface area contributed by atoms with E-state index < -0.39 is 11.6 Å². The molecule has 0 bridgehead atoms. The number of carbonyl (C=O) groups excluding carboxylic acids is 1. The van der Waals surface area contributed by atoms with E-state index in [2.05, 4.69) is 15.9 Å². The highest BCUT2D eigenvalue weighted by Crippen LogP contribution is 2.23. The van der Waals surface area contributed by atoms with E-state index >= 15 is 0 Å². The molecule has 0 heterocycles. The Kier molecular flexibility index (Phi) is 4.39. The van der Waals surface area contributed by atoms with E-state index in [9.17, 15) is 13.6 Å². The molecule has 0 aliphatic rings. The van der Waals surface area contributed by atoms with Crippen molar-refractivity contribution in [2.45, 2.75) is 19.8 Å². The Bertz CT molecular complexity index is 366. The van der Waals surface area contributed by atoms with Crippen molar-refractivity contribution in [1.82, 2.24) is 0 Å². The molecule has 0 saturated carbocycles. The highest BCUT2D eigenvalue weighted by molar-refractivity contribution is 9.10. The molecule has 0 amide bonds. The highest BCUT2D eigenvalue weighted by Gasteiger charge is 2.13. The predicted octanol–water partition coefficient (Wildman–Crippen LogP) is 3.49. The van der Waals surface area contributed by atoms with Gasteiger partial charge in [0.1, 0.15) is 17.9 Å². The maximum Gasteiger partial charge on any atom is 0.143 e. The summed E-state index contributed by atoms with van der Waals surface area (Å²) < 4.78 is 26.9. The van der Waals surface area contributed by atoms with Crippen LogP contribution in [0.3, 0.4) is 0 Å². The number of carbonyl (C=O) groups is 1. The molecule has 1 rings (SSSR count). The molecular weight excluding hydrogens is 266 g/mol. The fourth-order valence-corrected chi connectivity index (χ4v) is 1.61. The largest absolute Gasteiger partial charge is 0.303 e. The van der Waals surface area contributed by atoms with Gasteiger partial charge in [-0.15, -0.1) is 0 Å². The quantitative estimate of drug-likeness (QED) is 0.608. The summed E-state index contributed by atoms with van der Waals surface area (Å²) in [4.78, 5) is 10.4. The van der Waals surface area contributed by atoms with E-state index in [1.807, 2.05) is 0 Å². The van der Waals surface area contributed by atoms with Crippen LogP contribution in [0.2, 0.25) is 0 Å². The predicted molar refractivity (Wildman–Crippen MR) is 57.6 cm³/mol. The van der Waals surface area contributed by atoms with Gasteiger partial charge in [-0.1, -0.05) is 6.92 Å². The van der Waals surface area contributed by atoms with Gasteiger partial charge in [-0.25, -0.2) is 8.78 Å². The first kappa shape index (κ1) is 12.3. The smallest absolute Gasteiger partial charge is 0.143 e. The van der Waals surface area contributed by atoms with Gasteiger partial charge in [0.2, 0.25) is 0 Å². The molecule has 1 unspecified atom stereocenters. The number of rotatable bonds is 4. The van der Waals surface area contributed by atoms with Gasteiger partial charge in [0.15, 0.2) is 0 Å². The molecule has 0 aromatic heterocycles. The third-order valence-corrected chi connectivity index (χ3v) is 2.83. The molecule has 1 atom stereocenters. The topological polar surface area (TPSA) is 17.1 Å². The first-order valence-electron chi connectivity index (χ1n) is 4.64. The van der Waals surface area contributed by atoms with Crippen LogP contribution in [0, 0.1) is 17.6 Å². The Morgan fingerprint density at radius 1 is 1.47 bits per heavy atom.